The predicted octanol–water partition coefficient (Wildman–Crippen LogP) is 2.76. The molecule has 1 unspecified atom stereocenters. The third kappa shape index (κ3) is 3.23. The summed E-state index contributed by atoms with van der Waals surface area (Å²) in [6.45, 7) is 2.84. The van der Waals surface area contributed by atoms with Gasteiger partial charge in [0.2, 0.25) is 5.91 Å². The van der Waals surface area contributed by atoms with Crippen LogP contribution in [0.5, 0.6) is 11.5 Å². The van der Waals surface area contributed by atoms with Crippen LogP contribution in [0.4, 0.5) is 5.69 Å². The summed E-state index contributed by atoms with van der Waals surface area (Å²) in [6, 6.07) is 11.7. The van der Waals surface area contributed by atoms with Crippen molar-refractivity contribution < 1.29 is 14.3 Å². The molecule has 0 fully saturated rings. The van der Waals surface area contributed by atoms with Crippen LogP contribution in [-0.4, -0.2) is 28.7 Å². The zero-order chi connectivity index (χ0) is 18.8. The van der Waals surface area contributed by atoms with E-state index in [1.54, 1.807) is 36.4 Å². The number of fused-ring (bicyclic) bond motifs is 2. The normalized spacial score (nSPS) is 14.0. The number of hydrogen-bond donors (Lipinski definition) is 1. The van der Waals surface area contributed by atoms with Crippen LogP contribution in [0.2, 0.25) is 0 Å². The lowest BCUT2D eigenvalue weighted by Crippen LogP contribution is -2.33. The van der Waals surface area contributed by atoms with Gasteiger partial charge in [0, 0.05) is 11.8 Å². The lowest BCUT2D eigenvalue weighted by Gasteiger charge is -2.20. The lowest BCUT2D eigenvalue weighted by molar-refractivity contribution is -0.119. The largest absolute Gasteiger partial charge is 0.486 e. The number of anilines is 1. The van der Waals surface area contributed by atoms with Crippen LogP contribution >= 0.6 is 0 Å². The van der Waals surface area contributed by atoms with E-state index >= 15 is 0 Å². The Morgan fingerprint density at radius 1 is 1.19 bits per heavy atom. The van der Waals surface area contributed by atoms with Gasteiger partial charge in [0.1, 0.15) is 19.3 Å². The summed E-state index contributed by atoms with van der Waals surface area (Å²) in [6.07, 6.45) is 1.89. The second-order valence-electron chi connectivity index (χ2n) is 6.25. The molecule has 1 atom stereocenters. The first kappa shape index (κ1) is 17.1. The number of carbonyl (C=O) groups excluding carboxylic acids is 1. The van der Waals surface area contributed by atoms with Crippen molar-refractivity contribution in [2.75, 3.05) is 18.5 Å². The van der Waals surface area contributed by atoms with Gasteiger partial charge in [-0.3, -0.25) is 14.2 Å². The van der Waals surface area contributed by atoms with Crippen LogP contribution in [0.25, 0.3) is 10.9 Å². The Hall–Kier alpha value is -3.35. The molecule has 3 aromatic rings. The van der Waals surface area contributed by atoms with Crippen molar-refractivity contribution in [3.05, 3.63) is 59.1 Å². The van der Waals surface area contributed by atoms with Crippen molar-refractivity contribution in [1.29, 1.82) is 0 Å². The second kappa shape index (κ2) is 7.11. The van der Waals surface area contributed by atoms with E-state index < -0.39 is 6.04 Å². The van der Waals surface area contributed by atoms with Crippen LogP contribution in [0.3, 0.4) is 0 Å². The molecule has 0 bridgehead atoms. The third-order valence-electron chi connectivity index (χ3n) is 4.53. The van der Waals surface area contributed by atoms with Gasteiger partial charge in [0.05, 0.1) is 17.2 Å². The first-order valence-corrected chi connectivity index (χ1v) is 8.84. The minimum atomic E-state index is -0.664. The summed E-state index contributed by atoms with van der Waals surface area (Å²) in [5.74, 6) is 0.964. The number of hydrogen-bond acceptors (Lipinski definition) is 5. The molecule has 2 aromatic carbocycles. The number of nitrogens with zero attached hydrogens (tertiary/aromatic N) is 2. The summed E-state index contributed by atoms with van der Waals surface area (Å²) in [5.41, 5.74) is 0.968. The van der Waals surface area contributed by atoms with Gasteiger partial charge >= 0.3 is 0 Å². The van der Waals surface area contributed by atoms with Gasteiger partial charge < -0.3 is 14.8 Å². The Labute approximate surface area is 155 Å². The van der Waals surface area contributed by atoms with Gasteiger partial charge in [-0.25, -0.2) is 4.98 Å². The number of amides is 1. The highest BCUT2D eigenvalue weighted by atomic mass is 16.6. The minimum Gasteiger partial charge on any atom is -0.486 e. The first-order valence-electron chi connectivity index (χ1n) is 8.84. The molecule has 1 aromatic heterocycles. The van der Waals surface area contributed by atoms with Crippen LogP contribution in [-0.2, 0) is 4.79 Å². The topological polar surface area (TPSA) is 82.4 Å². The molecule has 0 spiro atoms. The molecule has 27 heavy (non-hydrogen) atoms. The molecule has 2 heterocycles. The summed E-state index contributed by atoms with van der Waals surface area (Å²) in [4.78, 5) is 29.9. The maximum Gasteiger partial charge on any atom is 0.261 e. The fourth-order valence-corrected chi connectivity index (χ4v) is 3.16. The van der Waals surface area contributed by atoms with E-state index in [9.17, 15) is 9.59 Å². The Bertz CT molecular complexity index is 1060. The van der Waals surface area contributed by atoms with Crippen molar-refractivity contribution >= 4 is 22.5 Å². The highest BCUT2D eigenvalue weighted by Crippen LogP contribution is 2.32. The molecule has 1 N–H and O–H groups in total. The van der Waals surface area contributed by atoms with Gasteiger partial charge in [-0.2, -0.15) is 0 Å². The summed E-state index contributed by atoms with van der Waals surface area (Å²) in [5, 5.41) is 3.35. The molecule has 0 radical (unpaired) electrons. The smallest absolute Gasteiger partial charge is 0.261 e. The van der Waals surface area contributed by atoms with Crippen molar-refractivity contribution in [3.63, 3.8) is 0 Å². The minimum absolute atomic E-state index is 0.232. The number of ether oxygens (including phenoxy) is 2. The standard InChI is InChI=1S/C20H19N3O4/c1-2-16(23-12-21-15-6-4-3-5-14(15)20(23)25)19(24)22-13-7-8-17-18(11-13)27-10-9-26-17/h3-8,11-12,16H,2,9-10H2,1H3,(H,22,24). The molecule has 7 heteroatoms. The highest BCUT2D eigenvalue weighted by Gasteiger charge is 2.22. The highest BCUT2D eigenvalue weighted by molar-refractivity contribution is 5.94. The van der Waals surface area contributed by atoms with E-state index in [-0.39, 0.29) is 11.5 Å². The van der Waals surface area contributed by atoms with E-state index in [4.69, 9.17) is 9.47 Å². The number of rotatable bonds is 4. The van der Waals surface area contributed by atoms with Crippen molar-refractivity contribution in [1.82, 2.24) is 9.55 Å². The molecule has 7 nitrogen and oxygen atoms in total. The quantitative estimate of drug-likeness (QED) is 0.769. The SMILES string of the molecule is CCC(C(=O)Nc1ccc2c(c1)OCCO2)n1cnc2ccccc2c1=O. The van der Waals surface area contributed by atoms with E-state index in [0.29, 0.717) is 47.7 Å². The molecule has 0 aliphatic carbocycles. The Morgan fingerprint density at radius 2 is 1.96 bits per heavy atom. The number of nitrogens with one attached hydrogen (secondary N) is 1. The first-order chi connectivity index (χ1) is 13.2. The van der Waals surface area contributed by atoms with E-state index in [1.165, 1.54) is 10.9 Å². The number of aromatic nitrogens is 2. The molecule has 0 saturated heterocycles. The second-order valence-corrected chi connectivity index (χ2v) is 6.25. The summed E-state index contributed by atoms with van der Waals surface area (Å²) >= 11 is 0. The van der Waals surface area contributed by atoms with Crippen molar-refractivity contribution in [2.24, 2.45) is 0 Å². The molecule has 1 aliphatic rings. The fourth-order valence-electron chi connectivity index (χ4n) is 3.16. The van der Waals surface area contributed by atoms with Gasteiger partial charge in [0.15, 0.2) is 11.5 Å². The molecule has 1 amide bonds. The number of benzene rings is 2. The predicted molar refractivity (Wildman–Crippen MR) is 101 cm³/mol. The van der Waals surface area contributed by atoms with Gasteiger partial charge in [-0.05, 0) is 30.7 Å². The Kier molecular flexibility index (Phi) is 4.50. The van der Waals surface area contributed by atoms with E-state index in [1.807, 2.05) is 13.0 Å². The van der Waals surface area contributed by atoms with Crippen LogP contribution in [0, 0.1) is 0 Å². The Balaban J connectivity index is 1.62. The van der Waals surface area contributed by atoms with Crippen LogP contribution < -0.4 is 20.3 Å². The van der Waals surface area contributed by atoms with Gasteiger partial charge in [-0.1, -0.05) is 19.1 Å². The molecular formula is C20H19N3O4. The fraction of sp³-hybridized carbons (Fsp3) is 0.250. The summed E-state index contributed by atoms with van der Waals surface area (Å²) in [7, 11) is 0. The zero-order valence-electron chi connectivity index (χ0n) is 14.8. The van der Waals surface area contributed by atoms with Crippen LogP contribution in [0.1, 0.15) is 19.4 Å². The van der Waals surface area contributed by atoms with Crippen molar-refractivity contribution in [2.45, 2.75) is 19.4 Å². The van der Waals surface area contributed by atoms with E-state index in [2.05, 4.69) is 10.3 Å². The molecule has 4 rings (SSSR count). The van der Waals surface area contributed by atoms with Crippen molar-refractivity contribution in [3.8, 4) is 11.5 Å². The average molecular weight is 365 g/mol. The lowest BCUT2D eigenvalue weighted by atomic mass is 10.1. The zero-order valence-corrected chi connectivity index (χ0v) is 14.8. The molecule has 138 valence electrons. The molecule has 0 saturated carbocycles. The maximum atomic E-state index is 12.8. The molecular weight excluding hydrogens is 346 g/mol. The van der Waals surface area contributed by atoms with E-state index in [0.717, 1.165) is 0 Å². The maximum absolute atomic E-state index is 12.8. The summed E-state index contributed by atoms with van der Waals surface area (Å²) < 4.78 is 12.4. The monoisotopic (exact) mass is 365 g/mol. The average Bonchev–Trinajstić information content (AvgIpc) is 2.70. The van der Waals surface area contributed by atoms with Gasteiger partial charge in [-0.15, -0.1) is 0 Å². The Morgan fingerprint density at radius 3 is 2.78 bits per heavy atom. The molecule has 1 aliphatic heterocycles. The number of carbonyl (C=O) groups is 1. The van der Waals surface area contributed by atoms with Gasteiger partial charge in [0.25, 0.3) is 5.56 Å². The third-order valence-corrected chi connectivity index (χ3v) is 4.53. The number of para-hydroxylation sites is 1. The van der Waals surface area contributed by atoms with Crippen LogP contribution in [0.15, 0.2) is 53.6 Å².